The van der Waals surface area contributed by atoms with Crippen LogP contribution in [-0.2, 0) is 4.79 Å². The molecule has 0 radical (unpaired) electrons. The Morgan fingerprint density at radius 3 is 2.00 bits per heavy atom. The molecule has 0 saturated heterocycles. The highest BCUT2D eigenvalue weighted by atomic mass is 32.1. The molecule has 6 nitrogen and oxygen atoms in total. The van der Waals surface area contributed by atoms with Gasteiger partial charge in [0.2, 0.25) is 0 Å². The van der Waals surface area contributed by atoms with Crippen LogP contribution in [0.2, 0.25) is 0 Å². The molecule has 136 valence electrons. The molecule has 0 aliphatic carbocycles. The average molecular weight is 379 g/mol. The van der Waals surface area contributed by atoms with Gasteiger partial charge in [-0.15, -0.1) is 11.3 Å². The Bertz CT molecular complexity index is 955. The van der Waals surface area contributed by atoms with E-state index in [2.05, 4.69) is 10.6 Å². The summed E-state index contributed by atoms with van der Waals surface area (Å²) in [5, 5.41) is 5.53. The third-order valence-corrected chi connectivity index (χ3v) is 4.88. The summed E-state index contributed by atoms with van der Waals surface area (Å²) in [7, 11) is 0. The first-order valence-electron chi connectivity index (χ1n) is 8.16. The van der Waals surface area contributed by atoms with E-state index in [1.165, 1.54) is 12.1 Å². The zero-order chi connectivity index (χ0) is 19.2. The van der Waals surface area contributed by atoms with Gasteiger partial charge in [0.15, 0.2) is 0 Å². The lowest BCUT2D eigenvalue weighted by atomic mass is 10.1. The summed E-state index contributed by atoms with van der Waals surface area (Å²) in [4.78, 5) is 37.2. The molecule has 27 heavy (non-hydrogen) atoms. The fraction of sp³-hybridized carbons (Fsp3) is 0.0500. The Hall–Kier alpha value is -3.45. The number of nitrogens with one attached hydrogen (secondary N) is 2. The van der Waals surface area contributed by atoms with Crippen molar-refractivity contribution in [1.29, 1.82) is 0 Å². The van der Waals surface area contributed by atoms with Gasteiger partial charge < -0.3 is 16.4 Å². The Morgan fingerprint density at radius 1 is 0.815 bits per heavy atom. The number of hydrogen-bond donors (Lipinski definition) is 3. The standard InChI is InChI=1S/C20H17N3O3S/c21-18(24)15-11-12-16(27-15)19(25)23-17(13-7-3-1-4-8-13)20(26)22-14-9-5-2-6-10-14/h1-12,17H,(H2,21,24)(H,22,26)(H,23,25). The first-order chi connectivity index (χ1) is 13.0. The molecule has 2 aromatic carbocycles. The summed E-state index contributed by atoms with van der Waals surface area (Å²) >= 11 is 0.984. The van der Waals surface area contributed by atoms with Crippen LogP contribution in [0.25, 0.3) is 0 Å². The molecule has 1 heterocycles. The molecule has 0 bridgehead atoms. The first-order valence-corrected chi connectivity index (χ1v) is 8.97. The Kier molecular flexibility index (Phi) is 5.63. The van der Waals surface area contributed by atoms with Crippen molar-refractivity contribution in [3.63, 3.8) is 0 Å². The van der Waals surface area contributed by atoms with Gasteiger partial charge in [-0.25, -0.2) is 0 Å². The zero-order valence-electron chi connectivity index (χ0n) is 14.2. The van der Waals surface area contributed by atoms with Crippen molar-refractivity contribution in [3.8, 4) is 0 Å². The molecular formula is C20H17N3O3S. The van der Waals surface area contributed by atoms with Gasteiger partial charge >= 0.3 is 0 Å². The molecule has 4 N–H and O–H groups in total. The molecule has 0 spiro atoms. The van der Waals surface area contributed by atoms with E-state index < -0.39 is 17.9 Å². The number of carbonyl (C=O) groups is 3. The molecule has 1 unspecified atom stereocenters. The maximum absolute atomic E-state index is 12.8. The van der Waals surface area contributed by atoms with E-state index in [1.807, 2.05) is 24.3 Å². The van der Waals surface area contributed by atoms with Crippen molar-refractivity contribution in [1.82, 2.24) is 5.32 Å². The van der Waals surface area contributed by atoms with Crippen LogP contribution in [0.15, 0.2) is 72.8 Å². The fourth-order valence-electron chi connectivity index (χ4n) is 2.48. The summed E-state index contributed by atoms with van der Waals surface area (Å²) in [6.45, 7) is 0. The van der Waals surface area contributed by atoms with E-state index in [9.17, 15) is 14.4 Å². The molecule has 3 aromatic rings. The second-order valence-corrected chi connectivity index (χ2v) is 6.78. The van der Waals surface area contributed by atoms with Crippen LogP contribution >= 0.6 is 11.3 Å². The molecule has 7 heteroatoms. The van der Waals surface area contributed by atoms with Crippen molar-refractivity contribution in [3.05, 3.63) is 88.1 Å². The highest BCUT2D eigenvalue weighted by Crippen LogP contribution is 2.20. The summed E-state index contributed by atoms with van der Waals surface area (Å²) < 4.78 is 0. The van der Waals surface area contributed by atoms with Crippen LogP contribution in [0.3, 0.4) is 0 Å². The van der Waals surface area contributed by atoms with Gasteiger partial charge in [0.1, 0.15) is 6.04 Å². The van der Waals surface area contributed by atoms with Crippen molar-refractivity contribution < 1.29 is 14.4 Å². The normalized spacial score (nSPS) is 11.4. The van der Waals surface area contributed by atoms with Crippen LogP contribution in [0, 0.1) is 0 Å². The second-order valence-electron chi connectivity index (χ2n) is 5.70. The monoisotopic (exact) mass is 379 g/mol. The molecule has 0 fully saturated rings. The molecule has 3 amide bonds. The van der Waals surface area contributed by atoms with Gasteiger partial charge in [-0.2, -0.15) is 0 Å². The molecule has 0 saturated carbocycles. The average Bonchev–Trinajstić information content (AvgIpc) is 3.18. The lowest BCUT2D eigenvalue weighted by Gasteiger charge is -2.18. The number of rotatable bonds is 6. The van der Waals surface area contributed by atoms with Crippen molar-refractivity contribution >= 4 is 34.7 Å². The summed E-state index contributed by atoms with van der Waals surface area (Å²) in [6, 6.07) is 20.0. The van der Waals surface area contributed by atoms with Gasteiger partial charge in [-0.3, -0.25) is 14.4 Å². The fourth-order valence-corrected chi connectivity index (χ4v) is 3.24. The third kappa shape index (κ3) is 4.59. The van der Waals surface area contributed by atoms with E-state index in [0.717, 1.165) is 11.3 Å². The van der Waals surface area contributed by atoms with Gasteiger partial charge in [0, 0.05) is 5.69 Å². The lowest BCUT2D eigenvalue weighted by molar-refractivity contribution is -0.118. The van der Waals surface area contributed by atoms with Gasteiger partial charge in [-0.05, 0) is 29.8 Å². The number of hydrogen-bond acceptors (Lipinski definition) is 4. The number of amides is 3. The van der Waals surface area contributed by atoms with Gasteiger partial charge in [0.25, 0.3) is 17.7 Å². The van der Waals surface area contributed by atoms with E-state index in [-0.39, 0.29) is 10.8 Å². The van der Waals surface area contributed by atoms with Gasteiger partial charge in [-0.1, -0.05) is 48.5 Å². The second kappa shape index (κ2) is 8.29. The van der Waals surface area contributed by atoms with Crippen LogP contribution < -0.4 is 16.4 Å². The molecule has 0 aliphatic rings. The third-order valence-electron chi connectivity index (χ3n) is 3.78. The first kappa shape index (κ1) is 18.3. The summed E-state index contributed by atoms with van der Waals surface area (Å²) in [5.41, 5.74) is 6.50. The van der Waals surface area contributed by atoms with E-state index in [4.69, 9.17) is 5.73 Å². The number of nitrogens with two attached hydrogens (primary N) is 1. The van der Waals surface area contributed by atoms with Crippen LogP contribution in [0.5, 0.6) is 0 Å². The van der Waals surface area contributed by atoms with E-state index >= 15 is 0 Å². The molecular weight excluding hydrogens is 362 g/mol. The van der Waals surface area contributed by atoms with E-state index in [1.54, 1.807) is 36.4 Å². The Morgan fingerprint density at radius 2 is 1.41 bits per heavy atom. The molecule has 3 rings (SSSR count). The van der Waals surface area contributed by atoms with Crippen molar-refractivity contribution in [2.24, 2.45) is 5.73 Å². The van der Waals surface area contributed by atoms with Crippen molar-refractivity contribution in [2.45, 2.75) is 6.04 Å². The smallest absolute Gasteiger partial charge is 0.262 e. The predicted molar refractivity (Wildman–Crippen MR) is 105 cm³/mol. The minimum Gasteiger partial charge on any atom is -0.365 e. The number of benzene rings is 2. The quantitative estimate of drug-likeness (QED) is 0.614. The SMILES string of the molecule is NC(=O)c1ccc(C(=O)NC(C(=O)Nc2ccccc2)c2ccccc2)s1. The molecule has 1 atom stereocenters. The predicted octanol–water partition coefficient (Wildman–Crippen LogP) is 2.96. The number of primary amides is 1. The Labute approximate surface area is 160 Å². The largest absolute Gasteiger partial charge is 0.365 e. The van der Waals surface area contributed by atoms with Crippen molar-refractivity contribution in [2.75, 3.05) is 5.32 Å². The minimum absolute atomic E-state index is 0.283. The Balaban J connectivity index is 1.82. The number of para-hydroxylation sites is 1. The number of carbonyl (C=O) groups excluding carboxylic acids is 3. The number of thiophene rings is 1. The van der Waals surface area contributed by atoms with Crippen LogP contribution in [-0.4, -0.2) is 17.7 Å². The highest BCUT2D eigenvalue weighted by molar-refractivity contribution is 7.15. The minimum atomic E-state index is -0.891. The summed E-state index contributed by atoms with van der Waals surface area (Å²) in [5.74, 6) is -1.42. The maximum Gasteiger partial charge on any atom is 0.262 e. The van der Waals surface area contributed by atoms with E-state index in [0.29, 0.717) is 16.1 Å². The molecule has 0 aliphatic heterocycles. The van der Waals surface area contributed by atoms with Crippen LogP contribution in [0.1, 0.15) is 30.9 Å². The molecule has 1 aromatic heterocycles. The van der Waals surface area contributed by atoms with Crippen LogP contribution in [0.4, 0.5) is 5.69 Å². The maximum atomic E-state index is 12.8. The highest BCUT2D eigenvalue weighted by Gasteiger charge is 2.24. The zero-order valence-corrected chi connectivity index (χ0v) is 15.0. The van der Waals surface area contributed by atoms with Gasteiger partial charge in [0.05, 0.1) is 9.75 Å². The summed E-state index contributed by atoms with van der Waals surface area (Å²) in [6.07, 6.45) is 0. The topological polar surface area (TPSA) is 101 Å². The number of anilines is 1. The lowest BCUT2D eigenvalue weighted by Crippen LogP contribution is -2.36.